The Bertz CT molecular complexity index is 641. The number of hydrogen-bond donors (Lipinski definition) is 1. The van der Waals surface area contributed by atoms with Gasteiger partial charge in [-0.25, -0.2) is 9.31 Å². The van der Waals surface area contributed by atoms with Crippen molar-refractivity contribution >= 4 is 11.5 Å². The van der Waals surface area contributed by atoms with Crippen LogP contribution in [0.3, 0.4) is 0 Å². The van der Waals surface area contributed by atoms with Gasteiger partial charge < -0.3 is 9.84 Å². The summed E-state index contributed by atoms with van der Waals surface area (Å²) in [5.41, 5.74) is 1.91. The third-order valence-electron chi connectivity index (χ3n) is 3.30. The highest BCUT2D eigenvalue weighted by atomic mass is 16.5. The quantitative estimate of drug-likeness (QED) is 0.814. The van der Waals surface area contributed by atoms with Gasteiger partial charge in [-0.15, -0.1) is 0 Å². The van der Waals surface area contributed by atoms with Gasteiger partial charge in [0.1, 0.15) is 5.60 Å². The Labute approximate surface area is 104 Å². The lowest BCUT2D eigenvalue weighted by Crippen LogP contribution is -2.14. The van der Waals surface area contributed by atoms with Gasteiger partial charge in [0.2, 0.25) is 0 Å². The van der Waals surface area contributed by atoms with Gasteiger partial charge in [-0.3, -0.25) is 0 Å². The minimum Gasteiger partial charge on any atom is -0.465 e. The number of esters is 1. The van der Waals surface area contributed by atoms with E-state index in [1.165, 1.54) is 7.11 Å². The highest BCUT2D eigenvalue weighted by molar-refractivity contribution is 5.91. The van der Waals surface area contributed by atoms with E-state index < -0.39 is 11.6 Å². The summed E-state index contributed by atoms with van der Waals surface area (Å²) in [7, 11) is 1.35. The number of pyridine rings is 1. The normalized spacial score (nSPS) is 16.8. The molecule has 5 heteroatoms. The lowest BCUT2D eigenvalue weighted by Gasteiger charge is -2.12. The number of ether oxygens (including phenoxy) is 1. The number of aryl methyl sites for hydroxylation is 1. The van der Waals surface area contributed by atoms with Gasteiger partial charge in [-0.1, -0.05) is 0 Å². The second kappa shape index (κ2) is 3.55. The van der Waals surface area contributed by atoms with Crippen molar-refractivity contribution in [1.29, 1.82) is 0 Å². The van der Waals surface area contributed by atoms with E-state index in [4.69, 9.17) is 4.74 Å². The molecule has 0 aromatic carbocycles. The van der Waals surface area contributed by atoms with Crippen LogP contribution >= 0.6 is 0 Å². The number of rotatable bonds is 2. The monoisotopic (exact) mass is 246 g/mol. The number of aromatic nitrogens is 2. The average molecular weight is 246 g/mol. The van der Waals surface area contributed by atoms with Crippen LogP contribution in [0.15, 0.2) is 18.2 Å². The van der Waals surface area contributed by atoms with Crippen LogP contribution in [0.25, 0.3) is 5.52 Å². The first-order chi connectivity index (χ1) is 8.53. The number of fused-ring (bicyclic) bond motifs is 1. The van der Waals surface area contributed by atoms with Gasteiger partial charge in [-0.05, 0) is 38.0 Å². The Morgan fingerprint density at radius 1 is 1.44 bits per heavy atom. The summed E-state index contributed by atoms with van der Waals surface area (Å²) in [4.78, 5) is 11.6. The predicted molar refractivity (Wildman–Crippen MR) is 64.4 cm³/mol. The highest BCUT2D eigenvalue weighted by Crippen LogP contribution is 2.45. The maximum Gasteiger partial charge on any atom is 0.337 e. The summed E-state index contributed by atoms with van der Waals surface area (Å²) in [5.74, 6) is -0.401. The molecule has 0 bridgehead atoms. The molecule has 0 aliphatic heterocycles. The molecule has 0 amide bonds. The molecule has 18 heavy (non-hydrogen) atoms. The summed E-state index contributed by atoms with van der Waals surface area (Å²) in [6, 6.07) is 5.26. The fraction of sp³-hybridized carbons (Fsp3) is 0.385. The highest BCUT2D eigenvalue weighted by Gasteiger charge is 2.44. The molecule has 5 nitrogen and oxygen atoms in total. The van der Waals surface area contributed by atoms with Gasteiger partial charge in [0.15, 0.2) is 0 Å². The number of hydrogen-bond acceptors (Lipinski definition) is 4. The lowest BCUT2D eigenvalue weighted by molar-refractivity contribution is 0.0600. The molecule has 0 unspecified atom stereocenters. The van der Waals surface area contributed by atoms with Crippen LogP contribution in [-0.2, 0) is 10.3 Å². The third kappa shape index (κ3) is 1.59. The smallest absolute Gasteiger partial charge is 0.337 e. The molecule has 0 radical (unpaired) electrons. The van der Waals surface area contributed by atoms with Crippen LogP contribution in [0.5, 0.6) is 0 Å². The Kier molecular flexibility index (Phi) is 2.22. The summed E-state index contributed by atoms with van der Waals surface area (Å²) in [6.07, 6.45) is 1.40. The Balaban J connectivity index is 2.26. The van der Waals surface area contributed by atoms with E-state index in [1.807, 2.05) is 13.0 Å². The molecule has 2 heterocycles. The third-order valence-corrected chi connectivity index (χ3v) is 3.30. The van der Waals surface area contributed by atoms with Crippen molar-refractivity contribution in [1.82, 2.24) is 9.61 Å². The lowest BCUT2D eigenvalue weighted by atomic mass is 10.1. The van der Waals surface area contributed by atoms with Crippen molar-refractivity contribution in [2.24, 2.45) is 0 Å². The molecule has 0 atom stereocenters. The number of carbonyl (C=O) groups excluding carboxylic acids is 1. The summed E-state index contributed by atoms with van der Waals surface area (Å²) >= 11 is 0. The van der Waals surface area contributed by atoms with E-state index >= 15 is 0 Å². The second-order valence-electron chi connectivity index (χ2n) is 4.77. The van der Waals surface area contributed by atoms with Crippen molar-refractivity contribution < 1.29 is 14.6 Å². The van der Waals surface area contributed by atoms with Crippen LogP contribution in [-0.4, -0.2) is 27.8 Å². The molecule has 0 spiro atoms. The molecule has 1 N–H and O–H groups in total. The number of carbonyl (C=O) groups is 1. The van der Waals surface area contributed by atoms with E-state index in [0.717, 1.165) is 11.2 Å². The Hall–Kier alpha value is -1.88. The molecule has 1 aliphatic rings. The zero-order valence-electron chi connectivity index (χ0n) is 10.3. The number of methoxy groups -OCH3 is 1. The van der Waals surface area contributed by atoms with Gasteiger partial charge in [0.05, 0.1) is 29.6 Å². The van der Waals surface area contributed by atoms with Gasteiger partial charge in [0, 0.05) is 0 Å². The second-order valence-corrected chi connectivity index (χ2v) is 4.77. The van der Waals surface area contributed by atoms with Crippen LogP contribution in [0.1, 0.15) is 34.6 Å². The first-order valence-electron chi connectivity index (χ1n) is 5.85. The van der Waals surface area contributed by atoms with E-state index in [-0.39, 0.29) is 0 Å². The maximum absolute atomic E-state index is 11.6. The topological polar surface area (TPSA) is 63.8 Å². The zero-order valence-corrected chi connectivity index (χ0v) is 10.3. The largest absolute Gasteiger partial charge is 0.465 e. The van der Waals surface area contributed by atoms with Gasteiger partial charge in [-0.2, -0.15) is 5.10 Å². The Morgan fingerprint density at radius 3 is 2.78 bits per heavy atom. The van der Waals surface area contributed by atoms with Crippen molar-refractivity contribution in [3.8, 4) is 0 Å². The number of aliphatic hydroxyl groups is 1. The maximum atomic E-state index is 11.6. The van der Waals surface area contributed by atoms with Crippen molar-refractivity contribution in [3.05, 3.63) is 35.2 Å². The molecule has 3 rings (SSSR count). The molecule has 1 aliphatic carbocycles. The first kappa shape index (κ1) is 11.2. The minimum atomic E-state index is -0.846. The molecular formula is C13H14N2O3. The standard InChI is InChI=1S/C13H14N2O3/c1-8-5-10-6-9(12(16)18-2)7-11(15(10)14-8)13(17)3-4-13/h5-7,17H,3-4H2,1-2H3. The summed E-state index contributed by atoms with van der Waals surface area (Å²) < 4.78 is 6.43. The van der Waals surface area contributed by atoms with Crippen LogP contribution < -0.4 is 0 Å². The van der Waals surface area contributed by atoms with E-state index in [9.17, 15) is 9.90 Å². The molecule has 1 saturated carbocycles. The first-order valence-corrected chi connectivity index (χ1v) is 5.85. The molecule has 94 valence electrons. The average Bonchev–Trinajstić information content (AvgIpc) is 2.98. The van der Waals surface area contributed by atoms with Crippen molar-refractivity contribution in [2.75, 3.05) is 7.11 Å². The van der Waals surface area contributed by atoms with Crippen molar-refractivity contribution in [3.63, 3.8) is 0 Å². The molecule has 2 aromatic rings. The SMILES string of the molecule is COC(=O)c1cc(C2(O)CC2)n2nc(C)cc2c1. The van der Waals surface area contributed by atoms with Crippen LogP contribution in [0.4, 0.5) is 0 Å². The van der Waals surface area contributed by atoms with Crippen LogP contribution in [0, 0.1) is 6.92 Å². The van der Waals surface area contributed by atoms with Gasteiger partial charge in [0.25, 0.3) is 0 Å². The Morgan fingerprint density at radius 2 is 2.17 bits per heavy atom. The van der Waals surface area contributed by atoms with Gasteiger partial charge >= 0.3 is 5.97 Å². The zero-order chi connectivity index (χ0) is 12.9. The molecule has 2 aromatic heterocycles. The predicted octanol–water partition coefficient (Wildman–Crippen LogP) is 1.41. The van der Waals surface area contributed by atoms with E-state index in [0.29, 0.717) is 24.1 Å². The van der Waals surface area contributed by atoms with E-state index in [1.54, 1.807) is 16.6 Å². The number of nitrogens with zero attached hydrogens (tertiary/aromatic N) is 2. The van der Waals surface area contributed by atoms with Crippen LogP contribution in [0.2, 0.25) is 0 Å². The molecular weight excluding hydrogens is 232 g/mol. The van der Waals surface area contributed by atoms with E-state index in [2.05, 4.69) is 5.10 Å². The molecule has 0 saturated heterocycles. The fourth-order valence-electron chi connectivity index (χ4n) is 2.17. The molecule has 1 fully saturated rings. The van der Waals surface area contributed by atoms with Crippen molar-refractivity contribution in [2.45, 2.75) is 25.4 Å². The summed E-state index contributed by atoms with van der Waals surface area (Å²) in [5, 5.41) is 14.6. The fourth-order valence-corrected chi connectivity index (χ4v) is 2.17. The minimum absolute atomic E-state index is 0.401. The summed E-state index contributed by atoms with van der Waals surface area (Å²) in [6.45, 7) is 1.88.